The summed E-state index contributed by atoms with van der Waals surface area (Å²) in [7, 11) is 0. The average Bonchev–Trinajstić information content (AvgIpc) is 2.92. The zero-order valence-electron chi connectivity index (χ0n) is 20.6. The number of aromatic hydroxyl groups is 3. The Bertz CT molecular complexity index is 1450. The molecule has 5 rings (SSSR count). The molecule has 14 nitrogen and oxygen atoms in total. The second-order valence-corrected chi connectivity index (χ2v) is 9.80. The van der Waals surface area contributed by atoms with Crippen LogP contribution >= 0.6 is 0 Å². The lowest BCUT2D eigenvalue weighted by molar-refractivity contribution is -0.232. The minimum Gasteiger partial charge on any atom is -0.508 e. The van der Waals surface area contributed by atoms with E-state index in [1.807, 2.05) is 0 Å². The van der Waals surface area contributed by atoms with Gasteiger partial charge in [-0.05, 0) is 24.3 Å². The fraction of sp³-hybridized carbons (Fsp3) is 0.423. The molecule has 0 saturated carbocycles. The highest BCUT2D eigenvalue weighted by molar-refractivity contribution is 5.92. The number of fused-ring (bicyclic) bond motifs is 1. The Balaban J connectivity index is 1.80. The molecule has 0 unspecified atom stereocenters. The van der Waals surface area contributed by atoms with Gasteiger partial charge in [0.1, 0.15) is 83.3 Å². The number of ether oxygens (including phenoxy) is 2. The van der Waals surface area contributed by atoms with Crippen molar-refractivity contribution in [2.24, 2.45) is 0 Å². The predicted molar refractivity (Wildman–Crippen MR) is 132 cm³/mol. The SMILES string of the molecule is O=c1cc(-c2ccc(O)cc2)oc2c([C@@H]3OC[C@H](O)[C@H](O)[C@@H]3O)c(O)c([C@@H]3O[C@H](CO)[C@H](O)[C@H](O)[C@@H]3O)c(O)c12. The van der Waals surface area contributed by atoms with Crippen molar-refractivity contribution in [1.82, 2.24) is 0 Å². The van der Waals surface area contributed by atoms with Crippen molar-refractivity contribution in [2.45, 2.75) is 54.9 Å². The lowest BCUT2D eigenvalue weighted by Gasteiger charge is -2.41. The zero-order valence-corrected chi connectivity index (χ0v) is 20.6. The van der Waals surface area contributed by atoms with Gasteiger partial charge >= 0.3 is 0 Å². The van der Waals surface area contributed by atoms with Crippen LogP contribution in [0.15, 0.2) is 39.5 Å². The minimum absolute atomic E-state index is 0.0710. The number of hydrogen-bond acceptors (Lipinski definition) is 14. The molecular formula is C26H28O14. The molecule has 2 aliphatic heterocycles. The van der Waals surface area contributed by atoms with Crippen LogP contribution in [0.1, 0.15) is 23.3 Å². The lowest BCUT2D eigenvalue weighted by Crippen LogP contribution is -2.55. The molecule has 0 radical (unpaired) electrons. The standard InChI is InChI=1S/C26H28O14/c27-6-13-18(32)21(35)23(37)26(40-13)15-19(33)14-10(29)5-12(8-1-3-9(28)4-2-8)39-24(14)16(20(15)34)25-22(36)17(31)11(30)7-38-25/h1-5,11,13,17-18,21-23,25-28,30-37H,6-7H2/t11-,13+,17-,18-,21-,22-,23-,25-,26-/m0/s1. The van der Waals surface area contributed by atoms with Crippen LogP contribution in [0.25, 0.3) is 22.3 Å². The van der Waals surface area contributed by atoms with Crippen LogP contribution in [0.4, 0.5) is 0 Å². The van der Waals surface area contributed by atoms with Crippen LogP contribution in [0.3, 0.4) is 0 Å². The normalized spacial score (nSPS) is 32.8. The van der Waals surface area contributed by atoms with Crippen LogP contribution in [-0.4, -0.2) is 107 Å². The summed E-state index contributed by atoms with van der Waals surface area (Å²) in [5.41, 5.74) is -2.15. The van der Waals surface area contributed by atoms with Gasteiger partial charge in [-0.1, -0.05) is 0 Å². The Labute approximate surface area is 224 Å². The van der Waals surface area contributed by atoms with E-state index in [-0.39, 0.29) is 11.5 Å². The molecule has 14 heteroatoms. The van der Waals surface area contributed by atoms with Gasteiger partial charge in [-0.25, -0.2) is 0 Å². The smallest absolute Gasteiger partial charge is 0.197 e. The number of benzene rings is 2. The van der Waals surface area contributed by atoms with Gasteiger partial charge in [0.05, 0.1) is 24.3 Å². The highest BCUT2D eigenvalue weighted by Crippen LogP contribution is 2.50. The van der Waals surface area contributed by atoms with Gasteiger partial charge in [-0.2, -0.15) is 0 Å². The predicted octanol–water partition coefficient (Wildman–Crippen LogP) is -1.75. The molecule has 3 aromatic rings. The first-order valence-electron chi connectivity index (χ1n) is 12.3. The molecule has 2 aliphatic rings. The van der Waals surface area contributed by atoms with Gasteiger partial charge in [-0.3, -0.25) is 4.79 Å². The number of hydrogen-bond donors (Lipinski definition) is 10. The van der Waals surface area contributed by atoms with E-state index in [0.717, 1.165) is 6.07 Å². The van der Waals surface area contributed by atoms with Crippen molar-refractivity contribution in [2.75, 3.05) is 13.2 Å². The maximum atomic E-state index is 13.4. The van der Waals surface area contributed by atoms with E-state index in [9.17, 15) is 55.9 Å². The van der Waals surface area contributed by atoms with E-state index in [0.29, 0.717) is 5.56 Å². The molecule has 0 bridgehead atoms. The average molecular weight is 564 g/mol. The molecule has 216 valence electrons. The van der Waals surface area contributed by atoms with Crippen molar-refractivity contribution in [3.8, 4) is 28.6 Å². The first-order chi connectivity index (χ1) is 19.0. The van der Waals surface area contributed by atoms with Crippen LogP contribution in [0, 0.1) is 0 Å². The fourth-order valence-corrected chi connectivity index (χ4v) is 5.11. The van der Waals surface area contributed by atoms with Gasteiger partial charge in [-0.15, -0.1) is 0 Å². The zero-order chi connectivity index (χ0) is 29.0. The van der Waals surface area contributed by atoms with E-state index in [2.05, 4.69) is 0 Å². The molecule has 40 heavy (non-hydrogen) atoms. The van der Waals surface area contributed by atoms with Gasteiger partial charge < -0.3 is 65.0 Å². The summed E-state index contributed by atoms with van der Waals surface area (Å²) >= 11 is 0. The summed E-state index contributed by atoms with van der Waals surface area (Å²) < 4.78 is 16.9. The number of aliphatic hydroxyl groups is 7. The summed E-state index contributed by atoms with van der Waals surface area (Å²) in [5, 5.41) is 104. The van der Waals surface area contributed by atoms with Crippen molar-refractivity contribution >= 4 is 11.0 Å². The van der Waals surface area contributed by atoms with Crippen molar-refractivity contribution < 1.29 is 65.0 Å². The Morgan fingerprint density at radius 2 is 1.43 bits per heavy atom. The third-order valence-corrected chi connectivity index (χ3v) is 7.31. The molecule has 2 fully saturated rings. The molecule has 0 amide bonds. The molecule has 10 N–H and O–H groups in total. The van der Waals surface area contributed by atoms with E-state index >= 15 is 0 Å². The van der Waals surface area contributed by atoms with Crippen molar-refractivity contribution in [1.29, 1.82) is 0 Å². The molecule has 1 aromatic heterocycles. The van der Waals surface area contributed by atoms with Gasteiger partial charge in [0, 0.05) is 11.6 Å². The third-order valence-electron chi connectivity index (χ3n) is 7.31. The molecular weight excluding hydrogens is 536 g/mol. The van der Waals surface area contributed by atoms with E-state index in [4.69, 9.17) is 13.9 Å². The molecule has 9 atom stereocenters. The van der Waals surface area contributed by atoms with Crippen LogP contribution in [0.2, 0.25) is 0 Å². The molecule has 2 saturated heterocycles. The Morgan fingerprint density at radius 3 is 2.08 bits per heavy atom. The third kappa shape index (κ3) is 4.49. The topological polar surface area (TPSA) is 251 Å². The fourth-order valence-electron chi connectivity index (χ4n) is 5.11. The number of aliphatic hydroxyl groups excluding tert-OH is 7. The quantitative estimate of drug-likeness (QED) is 0.169. The molecule has 3 heterocycles. The minimum atomic E-state index is -1.98. The van der Waals surface area contributed by atoms with Crippen molar-refractivity contribution in [3.05, 3.63) is 51.7 Å². The second kappa shape index (κ2) is 10.6. The Hall–Kier alpha value is -3.31. The van der Waals surface area contributed by atoms with E-state index in [1.165, 1.54) is 24.3 Å². The summed E-state index contributed by atoms with van der Waals surface area (Å²) in [6, 6.07) is 6.50. The Morgan fingerprint density at radius 1 is 0.775 bits per heavy atom. The van der Waals surface area contributed by atoms with Gasteiger partial charge in [0.25, 0.3) is 0 Å². The highest BCUT2D eigenvalue weighted by atomic mass is 16.5. The number of rotatable bonds is 4. The maximum absolute atomic E-state index is 13.4. The first-order valence-corrected chi connectivity index (χ1v) is 12.3. The van der Waals surface area contributed by atoms with Crippen LogP contribution < -0.4 is 5.43 Å². The van der Waals surface area contributed by atoms with E-state index < -0.39 is 107 Å². The summed E-state index contributed by atoms with van der Waals surface area (Å²) in [6.45, 7) is -1.34. The highest BCUT2D eigenvalue weighted by Gasteiger charge is 2.48. The van der Waals surface area contributed by atoms with Crippen LogP contribution in [-0.2, 0) is 9.47 Å². The van der Waals surface area contributed by atoms with Gasteiger partial charge in [0.15, 0.2) is 11.0 Å². The largest absolute Gasteiger partial charge is 0.508 e. The molecule has 0 aliphatic carbocycles. The summed E-state index contributed by atoms with van der Waals surface area (Å²) in [4.78, 5) is 13.4. The molecule has 0 spiro atoms. The Kier molecular flexibility index (Phi) is 7.47. The lowest BCUT2D eigenvalue weighted by atomic mass is 9.85. The number of phenolic OH excluding ortho intramolecular Hbond substituents is 3. The van der Waals surface area contributed by atoms with Crippen LogP contribution in [0.5, 0.6) is 17.2 Å². The number of phenols is 3. The van der Waals surface area contributed by atoms with Gasteiger partial charge in [0.2, 0.25) is 0 Å². The molecule has 2 aromatic carbocycles. The maximum Gasteiger partial charge on any atom is 0.197 e. The summed E-state index contributed by atoms with van der Waals surface area (Å²) in [6.07, 6.45) is -15.7. The monoisotopic (exact) mass is 564 g/mol. The van der Waals surface area contributed by atoms with Crippen molar-refractivity contribution in [3.63, 3.8) is 0 Å². The summed E-state index contributed by atoms with van der Waals surface area (Å²) in [5.74, 6) is -2.01. The first kappa shape index (κ1) is 28.2. The van der Waals surface area contributed by atoms with E-state index in [1.54, 1.807) is 0 Å². The second-order valence-electron chi connectivity index (χ2n) is 9.80.